The lowest BCUT2D eigenvalue weighted by atomic mass is 10.2. The Morgan fingerprint density at radius 2 is 1.84 bits per heavy atom. The molecule has 0 saturated carbocycles. The molecule has 0 unspecified atom stereocenters. The number of nitrogens with zero attached hydrogens (tertiary/aromatic N) is 1. The molecule has 1 saturated heterocycles. The maximum atomic E-state index is 11.9. The molecule has 1 aliphatic rings. The lowest BCUT2D eigenvalue weighted by Crippen LogP contribution is -2.46. The average Bonchev–Trinajstić information content (AvgIpc) is 2.38. The lowest BCUT2D eigenvalue weighted by Gasteiger charge is -2.27. The molecule has 4 nitrogen and oxygen atoms in total. The van der Waals surface area contributed by atoms with Crippen LogP contribution in [0, 0.1) is 0 Å². The molecule has 0 aliphatic carbocycles. The van der Waals surface area contributed by atoms with E-state index in [0.717, 1.165) is 32.7 Å². The molecule has 0 atom stereocenters. The number of carbonyl (C=O) groups excluding carboxylic acids is 1. The number of carbonyl (C=O) groups is 1. The summed E-state index contributed by atoms with van der Waals surface area (Å²) in [5.74, 6) is -0.139. The third-order valence-corrected chi connectivity index (χ3v) is 3.48. The zero-order valence-electron chi connectivity index (χ0n) is 10.6. The van der Waals surface area contributed by atoms with Crippen molar-refractivity contribution in [3.8, 4) is 0 Å². The molecule has 0 spiro atoms. The van der Waals surface area contributed by atoms with Crippen LogP contribution in [0.2, 0.25) is 10.0 Å². The Morgan fingerprint density at radius 1 is 1.21 bits per heavy atom. The van der Waals surface area contributed by atoms with Crippen molar-refractivity contribution in [2.75, 3.05) is 39.3 Å². The number of hydrogen-bond donors (Lipinski definition) is 2. The molecule has 1 aromatic carbocycles. The Kier molecular flexibility index (Phi) is 5.45. The molecule has 0 aromatic heterocycles. The van der Waals surface area contributed by atoms with E-state index in [1.165, 1.54) is 0 Å². The minimum atomic E-state index is -0.139. The van der Waals surface area contributed by atoms with Crippen LogP contribution in [0.3, 0.4) is 0 Å². The fourth-order valence-corrected chi connectivity index (χ4v) is 2.58. The van der Waals surface area contributed by atoms with E-state index in [-0.39, 0.29) is 5.91 Å². The first-order valence-corrected chi connectivity index (χ1v) is 7.08. The standard InChI is InChI=1S/C13H17Cl2N3O/c14-11-7-10(8-12(15)9-11)13(19)17-3-6-18-4-1-16-2-5-18/h7-9,16H,1-6H2,(H,17,19). The van der Waals surface area contributed by atoms with Crippen LogP contribution in [0.4, 0.5) is 0 Å². The SMILES string of the molecule is O=C(NCCN1CCNCC1)c1cc(Cl)cc(Cl)c1. The van der Waals surface area contributed by atoms with E-state index in [4.69, 9.17) is 23.2 Å². The summed E-state index contributed by atoms with van der Waals surface area (Å²) < 4.78 is 0. The van der Waals surface area contributed by atoms with E-state index in [1.54, 1.807) is 18.2 Å². The van der Waals surface area contributed by atoms with Crippen LogP contribution in [-0.2, 0) is 0 Å². The van der Waals surface area contributed by atoms with Gasteiger partial charge in [-0.05, 0) is 18.2 Å². The van der Waals surface area contributed by atoms with Gasteiger partial charge in [0, 0.05) is 54.9 Å². The van der Waals surface area contributed by atoms with Crippen LogP contribution in [0.5, 0.6) is 0 Å². The lowest BCUT2D eigenvalue weighted by molar-refractivity contribution is 0.0947. The van der Waals surface area contributed by atoms with Gasteiger partial charge in [0.05, 0.1) is 0 Å². The molecule has 6 heteroatoms. The van der Waals surface area contributed by atoms with Crippen molar-refractivity contribution in [3.05, 3.63) is 33.8 Å². The summed E-state index contributed by atoms with van der Waals surface area (Å²) in [6.07, 6.45) is 0. The van der Waals surface area contributed by atoms with Crippen LogP contribution < -0.4 is 10.6 Å². The van der Waals surface area contributed by atoms with Crippen LogP contribution >= 0.6 is 23.2 Å². The molecule has 1 amide bonds. The highest BCUT2D eigenvalue weighted by molar-refractivity contribution is 6.35. The molecule has 1 aromatic rings. The Morgan fingerprint density at radius 3 is 2.47 bits per heavy atom. The molecule has 0 radical (unpaired) electrons. The van der Waals surface area contributed by atoms with Crippen molar-refractivity contribution in [2.24, 2.45) is 0 Å². The second-order valence-electron chi connectivity index (χ2n) is 4.51. The van der Waals surface area contributed by atoms with Crippen molar-refractivity contribution in [3.63, 3.8) is 0 Å². The van der Waals surface area contributed by atoms with E-state index < -0.39 is 0 Å². The summed E-state index contributed by atoms with van der Waals surface area (Å²) in [6.45, 7) is 5.57. The minimum Gasteiger partial charge on any atom is -0.351 e. The van der Waals surface area contributed by atoms with Gasteiger partial charge < -0.3 is 10.6 Å². The summed E-state index contributed by atoms with van der Waals surface area (Å²) in [4.78, 5) is 14.3. The summed E-state index contributed by atoms with van der Waals surface area (Å²) >= 11 is 11.7. The van der Waals surface area contributed by atoms with E-state index >= 15 is 0 Å². The summed E-state index contributed by atoms with van der Waals surface area (Å²) in [6, 6.07) is 4.85. The summed E-state index contributed by atoms with van der Waals surface area (Å²) in [7, 11) is 0. The second-order valence-corrected chi connectivity index (χ2v) is 5.38. The van der Waals surface area contributed by atoms with Gasteiger partial charge in [-0.3, -0.25) is 9.69 Å². The maximum Gasteiger partial charge on any atom is 0.251 e. The number of amides is 1. The highest BCUT2D eigenvalue weighted by Gasteiger charge is 2.11. The van der Waals surface area contributed by atoms with Crippen LogP contribution in [0.15, 0.2) is 18.2 Å². The van der Waals surface area contributed by atoms with Gasteiger partial charge in [-0.2, -0.15) is 0 Å². The zero-order valence-corrected chi connectivity index (χ0v) is 12.1. The Hall–Kier alpha value is -0.810. The van der Waals surface area contributed by atoms with E-state index in [9.17, 15) is 4.79 Å². The van der Waals surface area contributed by atoms with Gasteiger partial charge in [-0.25, -0.2) is 0 Å². The van der Waals surface area contributed by atoms with E-state index in [0.29, 0.717) is 22.2 Å². The molecule has 19 heavy (non-hydrogen) atoms. The number of nitrogens with one attached hydrogen (secondary N) is 2. The maximum absolute atomic E-state index is 11.9. The predicted molar refractivity (Wildman–Crippen MR) is 78.1 cm³/mol. The Labute approximate surface area is 123 Å². The molecule has 1 aliphatic heterocycles. The van der Waals surface area contributed by atoms with Gasteiger partial charge in [0.1, 0.15) is 0 Å². The van der Waals surface area contributed by atoms with Gasteiger partial charge in [-0.1, -0.05) is 23.2 Å². The van der Waals surface area contributed by atoms with Crippen molar-refractivity contribution < 1.29 is 4.79 Å². The van der Waals surface area contributed by atoms with Crippen LogP contribution in [0.1, 0.15) is 10.4 Å². The minimum absolute atomic E-state index is 0.139. The van der Waals surface area contributed by atoms with Crippen molar-refractivity contribution >= 4 is 29.1 Å². The van der Waals surface area contributed by atoms with Gasteiger partial charge >= 0.3 is 0 Å². The zero-order chi connectivity index (χ0) is 13.7. The largest absolute Gasteiger partial charge is 0.351 e. The monoisotopic (exact) mass is 301 g/mol. The van der Waals surface area contributed by atoms with Crippen molar-refractivity contribution in [2.45, 2.75) is 0 Å². The predicted octanol–water partition coefficient (Wildman–Crippen LogP) is 1.63. The number of rotatable bonds is 4. The fourth-order valence-electron chi connectivity index (χ4n) is 2.05. The number of piperazine rings is 1. The number of hydrogen-bond acceptors (Lipinski definition) is 3. The molecule has 2 N–H and O–H groups in total. The summed E-state index contributed by atoms with van der Waals surface area (Å²) in [5.41, 5.74) is 0.498. The third kappa shape index (κ3) is 4.66. The van der Waals surface area contributed by atoms with Gasteiger partial charge in [-0.15, -0.1) is 0 Å². The Bertz CT molecular complexity index is 427. The molecule has 1 fully saturated rings. The Balaban J connectivity index is 1.80. The van der Waals surface area contributed by atoms with E-state index in [2.05, 4.69) is 15.5 Å². The number of benzene rings is 1. The normalized spacial score (nSPS) is 16.3. The summed E-state index contributed by atoms with van der Waals surface area (Å²) in [5, 5.41) is 7.12. The van der Waals surface area contributed by atoms with Gasteiger partial charge in [0.15, 0.2) is 0 Å². The van der Waals surface area contributed by atoms with Crippen molar-refractivity contribution in [1.29, 1.82) is 0 Å². The number of halogens is 2. The molecular formula is C13H17Cl2N3O. The molecule has 104 valence electrons. The highest BCUT2D eigenvalue weighted by Crippen LogP contribution is 2.18. The van der Waals surface area contributed by atoms with E-state index in [1.807, 2.05) is 0 Å². The van der Waals surface area contributed by atoms with Crippen molar-refractivity contribution in [1.82, 2.24) is 15.5 Å². The smallest absolute Gasteiger partial charge is 0.251 e. The topological polar surface area (TPSA) is 44.4 Å². The van der Waals surface area contributed by atoms with Crippen LogP contribution in [0.25, 0.3) is 0 Å². The fraction of sp³-hybridized carbons (Fsp3) is 0.462. The average molecular weight is 302 g/mol. The van der Waals surface area contributed by atoms with Gasteiger partial charge in [0.2, 0.25) is 0 Å². The first-order chi connectivity index (χ1) is 9.15. The van der Waals surface area contributed by atoms with Gasteiger partial charge in [0.25, 0.3) is 5.91 Å². The molecule has 0 bridgehead atoms. The third-order valence-electron chi connectivity index (χ3n) is 3.05. The quantitative estimate of drug-likeness (QED) is 0.888. The molecule has 2 rings (SSSR count). The molecule has 1 heterocycles. The van der Waals surface area contributed by atoms with Crippen LogP contribution in [-0.4, -0.2) is 50.1 Å². The first kappa shape index (κ1) is 14.6. The first-order valence-electron chi connectivity index (χ1n) is 6.32. The second kappa shape index (κ2) is 7.10. The molecular weight excluding hydrogens is 285 g/mol. The highest BCUT2D eigenvalue weighted by atomic mass is 35.5.